The number of H-pyrrole nitrogens is 1. The molecule has 0 bridgehead atoms. The summed E-state index contributed by atoms with van der Waals surface area (Å²) in [7, 11) is 1.85. The average Bonchev–Trinajstić information content (AvgIpc) is 2.75. The van der Waals surface area contributed by atoms with Crippen molar-refractivity contribution in [3.8, 4) is 0 Å². The molecule has 0 aromatic carbocycles. The first-order valence-electron chi connectivity index (χ1n) is 5.72. The number of nitrogens with one attached hydrogen (secondary N) is 2. The molecule has 1 amide bonds. The van der Waals surface area contributed by atoms with Crippen LogP contribution in [-0.4, -0.2) is 40.4 Å². The molecule has 2 rings (SSSR count). The number of carbonyl (C=O) groups excluding carboxylic acids is 1. The number of amides is 1. The van der Waals surface area contributed by atoms with Gasteiger partial charge in [-0.05, 0) is 6.42 Å². The number of hydrogen-bond donors (Lipinski definition) is 2. The van der Waals surface area contributed by atoms with E-state index in [-0.39, 0.29) is 11.9 Å². The van der Waals surface area contributed by atoms with Crippen LogP contribution >= 0.6 is 0 Å². The minimum Gasteiger partial charge on any atom is -0.347 e. The highest BCUT2D eigenvalue weighted by molar-refractivity contribution is 5.82. The molecule has 1 aliphatic rings. The zero-order chi connectivity index (χ0) is 11.5. The molecule has 0 saturated heterocycles. The zero-order valence-corrected chi connectivity index (χ0v) is 9.79. The molecular weight excluding hydrogens is 204 g/mol. The molecule has 1 unspecified atom stereocenters. The molecule has 0 radical (unpaired) electrons. The van der Waals surface area contributed by atoms with Crippen LogP contribution in [0.4, 0.5) is 0 Å². The summed E-state index contributed by atoms with van der Waals surface area (Å²) in [4.78, 5) is 21.1. The average molecular weight is 222 g/mol. The largest absolute Gasteiger partial charge is 0.347 e. The molecule has 0 spiro atoms. The van der Waals surface area contributed by atoms with Gasteiger partial charge in [-0.2, -0.15) is 0 Å². The van der Waals surface area contributed by atoms with Crippen molar-refractivity contribution in [2.24, 2.45) is 0 Å². The van der Waals surface area contributed by atoms with E-state index in [0.29, 0.717) is 13.0 Å². The van der Waals surface area contributed by atoms with Gasteiger partial charge in [0.15, 0.2) is 0 Å². The fourth-order valence-corrected chi connectivity index (χ4v) is 2.06. The molecule has 0 fully saturated rings. The van der Waals surface area contributed by atoms with E-state index in [2.05, 4.69) is 22.2 Å². The lowest BCUT2D eigenvalue weighted by Gasteiger charge is -2.26. The summed E-state index contributed by atoms with van der Waals surface area (Å²) in [6, 6.07) is -0.118. The molecule has 1 aromatic heterocycles. The molecule has 1 aliphatic heterocycles. The highest BCUT2D eigenvalue weighted by Crippen LogP contribution is 2.13. The van der Waals surface area contributed by atoms with Gasteiger partial charge in [-0.3, -0.25) is 10.1 Å². The maximum atomic E-state index is 12.0. The van der Waals surface area contributed by atoms with E-state index in [1.54, 1.807) is 11.2 Å². The topological polar surface area (TPSA) is 61.0 Å². The third-order valence-corrected chi connectivity index (χ3v) is 2.96. The van der Waals surface area contributed by atoms with E-state index in [1.807, 2.05) is 7.05 Å². The summed E-state index contributed by atoms with van der Waals surface area (Å²) >= 11 is 0. The Morgan fingerprint density at radius 1 is 1.69 bits per heavy atom. The van der Waals surface area contributed by atoms with Crippen LogP contribution in [0.3, 0.4) is 0 Å². The molecule has 5 heteroatoms. The van der Waals surface area contributed by atoms with Gasteiger partial charge in [0.1, 0.15) is 0 Å². The van der Waals surface area contributed by atoms with Crippen LogP contribution in [-0.2, 0) is 17.8 Å². The first kappa shape index (κ1) is 11.1. The van der Waals surface area contributed by atoms with Crippen LogP contribution in [0.5, 0.6) is 0 Å². The van der Waals surface area contributed by atoms with Crippen LogP contribution in [0.25, 0.3) is 0 Å². The van der Waals surface area contributed by atoms with Crippen molar-refractivity contribution in [1.29, 1.82) is 0 Å². The standard InChI is InChI=1S/C11H18N4O/c1-3-4-15(2)11(16)9-5-8-10(6-12-9)14-7-13-8/h7,9,12H,3-6H2,1-2H3,(H,13,14). The smallest absolute Gasteiger partial charge is 0.239 e. The number of hydrogen-bond acceptors (Lipinski definition) is 3. The predicted octanol–water partition coefficient (Wildman–Crippen LogP) is 0.292. The SMILES string of the molecule is CCCN(C)C(=O)C1Cc2nc[nH]c2CN1. The number of nitrogens with zero attached hydrogens (tertiary/aromatic N) is 2. The lowest BCUT2D eigenvalue weighted by Crippen LogP contribution is -2.48. The minimum atomic E-state index is -0.118. The third kappa shape index (κ3) is 2.09. The number of aromatic nitrogens is 2. The van der Waals surface area contributed by atoms with Crippen LogP contribution < -0.4 is 5.32 Å². The highest BCUT2D eigenvalue weighted by Gasteiger charge is 2.27. The number of imidazole rings is 1. The lowest BCUT2D eigenvalue weighted by molar-refractivity contribution is -0.132. The van der Waals surface area contributed by atoms with E-state index in [1.165, 1.54) is 0 Å². The minimum absolute atomic E-state index is 0.118. The maximum absolute atomic E-state index is 12.0. The van der Waals surface area contributed by atoms with Crippen molar-refractivity contribution in [1.82, 2.24) is 20.2 Å². The van der Waals surface area contributed by atoms with Crippen LogP contribution in [0.15, 0.2) is 6.33 Å². The molecule has 2 N–H and O–H groups in total. The Labute approximate surface area is 95.2 Å². The third-order valence-electron chi connectivity index (χ3n) is 2.96. The lowest BCUT2D eigenvalue weighted by atomic mass is 10.0. The Kier molecular flexibility index (Phi) is 3.24. The summed E-state index contributed by atoms with van der Waals surface area (Å²) in [6.45, 7) is 3.58. The van der Waals surface area contributed by atoms with E-state index in [4.69, 9.17) is 0 Å². The summed E-state index contributed by atoms with van der Waals surface area (Å²) in [6.07, 6.45) is 3.36. The predicted molar refractivity (Wildman–Crippen MR) is 60.8 cm³/mol. The van der Waals surface area contributed by atoms with Gasteiger partial charge >= 0.3 is 0 Å². The molecule has 1 atom stereocenters. The Balaban J connectivity index is 2.00. The fourth-order valence-electron chi connectivity index (χ4n) is 2.06. The second-order valence-corrected chi connectivity index (χ2v) is 4.23. The van der Waals surface area contributed by atoms with Gasteiger partial charge in [0.25, 0.3) is 0 Å². The van der Waals surface area contributed by atoms with Crippen molar-refractivity contribution in [3.63, 3.8) is 0 Å². The summed E-state index contributed by atoms with van der Waals surface area (Å²) < 4.78 is 0. The van der Waals surface area contributed by atoms with Gasteiger partial charge in [-0.15, -0.1) is 0 Å². The van der Waals surface area contributed by atoms with Crippen molar-refractivity contribution >= 4 is 5.91 Å². The number of rotatable bonds is 3. The molecule has 0 saturated carbocycles. The van der Waals surface area contributed by atoms with Crippen molar-refractivity contribution in [2.75, 3.05) is 13.6 Å². The molecule has 1 aromatic rings. The first-order chi connectivity index (χ1) is 7.72. The van der Waals surface area contributed by atoms with Gasteiger partial charge in [0, 0.05) is 26.6 Å². The number of fused-ring (bicyclic) bond motifs is 1. The van der Waals surface area contributed by atoms with Crippen molar-refractivity contribution < 1.29 is 4.79 Å². The van der Waals surface area contributed by atoms with E-state index >= 15 is 0 Å². The molecular formula is C11H18N4O. The Bertz CT molecular complexity index is 374. The van der Waals surface area contributed by atoms with Gasteiger partial charge in [-0.1, -0.05) is 6.92 Å². The molecule has 5 nitrogen and oxygen atoms in total. The normalized spacial score (nSPS) is 19.2. The van der Waals surface area contributed by atoms with E-state index in [0.717, 1.165) is 24.4 Å². The second kappa shape index (κ2) is 4.65. The van der Waals surface area contributed by atoms with Crippen molar-refractivity contribution in [2.45, 2.75) is 32.4 Å². The summed E-state index contributed by atoms with van der Waals surface area (Å²) in [5.74, 6) is 0.163. The van der Waals surface area contributed by atoms with E-state index < -0.39 is 0 Å². The molecule has 0 aliphatic carbocycles. The maximum Gasteiger partial charge on any atom is 0.239 e. The van der Waals surface area contributed by atoms with Gasteiger partial charge in [0.2, 0.25) is 5.91 Å². The molecule has 16 heavy (non-hydrogen) atoms. The first-order valence-corrected chi connectivity index (χ1v) is 5.72. The quantitative estimate of drug-likeness (QED) is 0.773. The summed E-state index contributed by atoms with van der Waals surface area (Å²) in [5, 5.41) is 3.24. The molecule has 2 heterocycles. The number of likely N-dealkylation sites (N-methyl/N-ethyl adjacent to an activating group) is 1. The van der Waals surface area contributed by atoms with Crippen LogP contribution in [0.1, 0.15) is 24.7 Å². The Morgan fingerprint density at radius 3 is 3.25 bits per heavy atom. The van der Waals surface area contributed by atoms with Crippen molar-refractivity contribution in [3.05, 3.63) is 17.7 Å². The monoisotopic (exact) mass is 222 g/mol. The Hall–Kier alpha value is -1.36. The molecule has 88 valence electrons. The van der Waals surface area contributed by atoms with E-state index in [9.17, 15) is 4.79 Å². The van der Waals surface area contributed by atoms with Gasteiger partial charge in [0.05, 0.1) is 23.8 Å². The fraction of sp³-hybridized carbons (Fsp3) is 0.636. The second-order valence-electron chi connectivity index (χ2n) is 4.23. The van der Waals surface area contributed by atoms with Gasteiger partial charge < -0.3 is 9.88 Å². The number of aromatic amines is 1. The zero-order valence-electron chi connectivity index (χ0n) is 9.79. The summed E-state index contributed by atoms with van der Waals surface area (Å²) in [5.41, 5.74) is 2.11. The highest BCUT2D eigenvalue weighted by atomic mass is 16.2. The Morgan fingerprint density at radius 2 is 2.50 bits per heavy atom. The van der Waals surface area contributed by atoms with Gasteiger partial charge in [-0.25, -0.2) is 4.98 Å². The van der Waals surface area contributed by atoms with Crippen LogP contribution in [0.2, 0.25) is 0 Å². The van der Waals surface area contributed by atoms with Crippen LogP contribution in [0, 0.1) is 0 Å². The number of carbonyl (C=O) groups is 1.